The Morgan fingerprint density at radius 2 is 1.95 bits per heavy atom. The van der Waals surface area contributed by atoms with E-state index in [9.17, 15) is 9.18 Å². The SMILES string of the molecule is CCOC(=O)C(CN)(Cc1ccc(F)cc1)CC(C)C. The minimum Gasteiger partial charge on any atom is -0.466 e. The molecule has 0 saturated carbocycles. The number of ether oxygens (including phenoxy) is 1. The van der Waals surface area contributed by atoms with E-state index in [1.165, 1.54) is 12.1 Å². The third-order valence-corrected chi connectivity index (χ3v) is 3.35. The van der Waals surface area contributed by atoms with Gasteiger partial charge in [0.05, 0.1) is 12.0 Å². The molecule has 1 aromatic rings. The van der Waals surface area contributed by atoms with E-state index in [0.717, 1.165) is 5.56 Å². The van der Waals surface area contributed by atoms with Crippen LogP contribution in [-0.2, 0) is 16.0 Å². The summed E-state index contributed by atoms with van der Waals surface area (Å²) >= 11 is 0. The van der Waals surface area contributed by atoms with Crippen molar-refractivity contribution >= 4 is 5.97 Å². The second kappa shape index (κ2) is 7.39. The van der Waals surface area contributed by atoms with Crippen molar-refractivity contribution in [2.75, 3.05) is 13.2 Å². The molecule has 0 aliphatic rings. The number of esters is 1. The molecule has 0 aliphatic heterocycles. The van der Waals surface area contributed by atoms with Crippen LogP contribution < -0.4 is 5.73 Å². The first-order valence-electron chi connectivity index (χ1n) is 7.05. The lowest BCUT2D eigenvalue weighted by atomic mass is 9.75. The summed E-state index contributed by atoms with van der Waals surface area (Å²) in [6.45, 7) is 6.44. The highest BCUT2D eigenvalue weighted by atomic mass is 19.1. The van der Waals surface area contributed by atoms with Gasteiger partial charge >= 0.3 is 5.97 Å². The number of rotatable bonds is 7. The second-order valence-electron chi connectivity index (χ2n) is 5.61. The Morgan fingerprint density at radius 3 is 2.40 bits per heavy atom. The van der Waals surface area contributed by atoms with Crippen LogP contribution in [-0.4, -0.2) is 19.1 Å². The van der Waals surface area contributed by atoms with Crippen LogP contribution in [0.5, 0.6) is 0 Å². The van der Waals surface area contributed by atoms with Gasteiger partial charge in [0.15, 0.2) is 0 Å². The zero-order valence-corrected chi connectivity index (χ0v) is 12.5. The molecule has 1 aromatic carbocycles. The van der Waals surface area contributed by atoms with Gasteiger partial charge in [0.1, 0.15) is 5.82 Å². The van der Waals surface area contributed by atoms with Crippen LogP contribution in [0.3, 0.4) is 0 Å². The average molecular weight is 281 g/mol. The number of benzene rings is 1. The van der Waals surface area contributed by atoms with Crippen molar-refractivity contribution in [3.05, 3.63) is 35.6 Å². The Kier molecular flexibility index (Phi) is 6.14. The molecule has 1 rings (SSSR count). The summed E-state index contributed by atoms with van der Waals surface area (Å²) in [6, 6.07) is 6.19. The Labute approximate surface area is 120 Å². The fourth-order valence-electron chi connectivity index (χ4n) is 2.53. The number of carbonyl (C=O) groups excluding carboxylic acids is 1. The van der Waals surface area contributed by atoms with Crippen LogP contribution in [0.25, 0.3) is 0 Å². The molecule has 2 N–H and O–H groups in total. The molecule has 112 valence electrons. The maximum absolute atomic E-state index is 13.0. The van der Waals surface area contributed by atoms with Gasteiger partial charge in [-0.05, 0) is 43.4 Å². The maximum Gasteiger partial charge on any atom is 0.313 e. The molecule has 0 heterocycles. The van der Waals surface area contributed by atoms with Gasteiger partial charge in [-0.25, -0.2) is 4.39 Å². The summed E-state index contributed by atoms with van der Waals surface area (Å²) in [5, 5.41) is 0. The Morgan fingerprint density at radius 1 is 1.35 bits per heavy atom. The fourth-order valence-corrected chi connectivity index (χ4v) is 2.53. The first-order valence-corrected chi connectivity index (χ1v) is 7.05. The number of hydrogen-bond acceptors (Lipinski definition) is 3. The van der Waals surface area contributed by atoms with Gasteiger partial charge in [0.2, 0.25) is 0 Å². The first kappa shape index (κ1) is 16.6. The quantitative estimate of drug-likeness (QED) is 0.782. The number of halogens is 1. The molecule has 0 aliphatic carbocycles. The summed E-state index contributed by atoms with van der Waals surface area (Å²) in [5.74, 6) is -0.226. The Bertz CT molecular complexity index is 431. The van der Waals surface area contributed by atoms with Crippen LogP contribution >= 0.6 is 0 Å². The molecule has 0 bridgehead atoms. The molecular formula is C16H24FNO2. The van der Waals surface area contributed by atoms with E-state index < -0.39 is 5.41 Å². The van der Waals surface area contributed by atoms with Crippen LogP contribution in [0.4, 0.5) is 4.39 Å². The predicted octanol–water partition coefficient (Wildman–Crippen LogP) is 2.92. The minimum atomic E-state index is -0.734. The van der Waals surface area contributed by atoms with E-state index in [1.807, 2.05) is 13.8 Å². The van der Waals surface area contributed by atoms with Crippen molar-refractivity contribution in [3.63, 3.8) is 0 Å². The molecule has 0 fully saturated rings. The van der Waals surface area contributed by atoms with Gasteiger partial charge in [-0.15, -0.1) is 0 Å². The van der Waals surface area contributed by atoms with Gasteiger partial charge < -0.3 is 10.5 Å². The monoisotopic (exact) mass is 281 g/mol. The largest absolute Gasteiger partial charge is 0.466 e. The highest BCUT2D eigenvalue weighted by molar-refractivity contribution is 5.77. The number of carbonyl (C=O) groups is 1. The zero-order valence-electron chi connectivity index (χ0n) is 12.5. The smallest absolute Gasteiger partial charge is 0.313 e. The second-order valence-corrected chi connectivity index (χ2v) is 5.61. The lowest BCUT2D eigenvalue weighted by Gasteiger charge is -2.32. The van der Waals surface area contributed by atoms with E-state index in [4.69, 9.17) is 10.5 Å². The standard InChI is InChI=1S/C16H24FNO2/c1-4-20-15(19)16(11-18,9-12(2)3)10-13-5-7-14(17)8-6-13/h5-8,12H,4,9-11,18H2,1-3H3. The van der Waals surface area contributed by atoms with Crippen molar-refractivity contribution in [3.8, 4) is 0 Å². The van der Waals surface area contributed by atoms with E-state index >= 15 is 0 Å². The lowest BCUT2D eigenvalue weighted by Crippen LogP contribution is -2.43. The first-order chi connectivity index (χ1) is 9.43. The highest BCUT2D eigenvalue weighted by Crippen LogP contribution is 2.31. The zero-order chi connectivity index (χ0) is 15.2. The number of nitrogens with two attached hydrogens (primary N) is 1. The summed E-state index contributed by atoms with van der Waals surface area (Å²) in [6.07, 6.45) is 1.13. The van der Waals surface area contributed by atoms with E-state index in [2.05, 4.69) is 0 Å². The summed E-state index contributed by atoms with van der Waals surface area (Å²) < 4.78 is 18.2. The predicted molar refractivity (Wildman–Crippen MR) is 77.7 cm³/mol. The molecule has 1 atom stereocenters. The Hall–Kier alpha value is -1.42. The summed E-state index contributed by atoms with van der Waals surface area (Å²) in [7, 11) is 0. The third kappa shape index (κ3) is 4.30. The van der Waals surface area contributed by atoms with Crippen LogP contribution in [0.1, 0.15) is 32.8 Å². The van der Waals surface area contributed by atoms with Crippen molar-refractivity contribution < 1.29 is 13.9 Å². The molecule has 0 aromatic heterocycles. The summed E-state index contributed by atoms with van der Waals surface area (Å²) in [5.41, 5.74) is 6.05. The molecule has 0 amide bonds. The molecule has 4 heteroatoms. The molecule has 0 saturated heterocycles. The van der Waals surface area contributed by atoms with Crippen LogP contribution in [0.2, 0.25) is 0 Å². The molecule has 1 unspecified atom stereocenters. The number of hydrogen-bond donors (Lipinski definition) is 1. The minimum absolute atomic E-state index is 0.224. The average Bonchev–Trinajstić information content (AvgIpc) is 2.40. The molecule has 0 spiro atoms. The van der Waals surface area contributed by atoms with Crippen molar-refractivity contribution in [1.82, 2.24) is 0 Å². The van der Waals surface area contributed by atoms with Crippen LogP contribution in [0.15, 0.2) is 24.3 Å². The molecule has 20 heavy (non-hydrogen) atoms. The van der Waals surface area contributed by atoms with Gasteiger partial charge in [-0.1, -0.05) is 26.0 Å². The van der Waals surface area contributed by atoms with E-state index in [1.54, 1.807) is 19.1 Å². The van der Waals surface area contributed by atoms with Crippen molar-refractivity contribution in [1.29, 1.82) is 0 Å². The van der Waals surface area contributed by atoms with Crippen molar-refractivity contribution in [2.45, 2.75) is 33.6 Å². The molecule has 3 nitrogen and oxygen atoms in total. The maximum atomic E-state index is 13.0. The van der Waals surface area contributed by atoms with E-state index in [-0.39, 0.29) is 18.3 Å². The fraction of sp³-hybridized carbons (Fsp3) is 0.562. The molecular weight excluding hydrogens is 257 g/mol. The van der Waals surface area contributed by atoms with E-state index in [0.29, 0.717) is 25.4 Å². The normalized spacial score (nSPS) is 14.1. The van der Waals surface area contributed by atoms with Crippen LogP contribution in [0, 0.1) is 17.2 Å². The Balaban J connectivity index is 3.01. The summed E-state index contributed by atoms with van der Waals surface area (Å²) in [4.78, 5) is 12.3. The molecule has 0 radical (unpaired) electrons. The highest BCUT2D eigenvalue weighted by Gasteiger charge is 2.39. The topological polar surface area (TPSA) is 52.3 Å². The van der Waals surface area contributed by atoms with Gasteiger partial charge in [-0.3, -0.25) is 4.79 Å². The van der Waals surface area contributed by atoms with Gasteiger partial charge in [0, 0.05) is 6.54 Å². The lowest BCUT2D eigenvalue weighted by molar-refractivity contribution is -0.156. The van der Waals surface area contributed by atoms with Gasteiger partial charge in [0.25, 0.3) is 0 Å². The third-order valence-electron chi connectivity index (χ3n) is 3.35. The van der Waals surface area contributed by atoms with Crippen molar-refractivity contribution in [2.24, 2.45) is 17.1 Å². The van der Waals surface area contributed by atoms with Gasteiger partial charge in [-0.2, -0.15) is 0 Å².